The molecule has 2 rings (SSSR count). The average Bonchev–Trinajstić information content (AvgIpc) is 2.26. The second kappa shape index (κ2) is 5.01. The zero-order valence-corrected chi connectivity index (χ0v) is 11.9. The van der Waals surface area contributed by atoms with Gasteiger partial charge in [0.05, 0.1) is 20.6 Å². The second-order valence-corrected chi connectivity index (χ2v) is 5.25. The number of benzene rings is 1. The van der Waals surface area contributed by atoms with Crippen molar-refractivity contribution in [1.29, 1.82) is 0 Å². The third kappa shape index (κ3) is 2.37. The summed E-state index contributed by atoms with van der Waals surface area (Å²) < 4.78 is 0. The van der Waals surface area contributed by atoms with Gasteiger partial charge in [0, 0.05) is 11.1 Å². The van der Waals surface area contributed by atoms with E-state index in [0.29, 0.717) is 20.6 Å². The van der Waals surface area contributed by atoms with Gasteiger partial charge >= 0.3 is 0 Å². The molecule has 0 spiro atoms. The Morgan fingerprint density at radius 3 is 2.47 bits per heavy atom. The fourth-order valence-corrected chi connectivity index (χ4v) is 2.75. The van der Waals surface area contributed by atoms with E-state index in [1.165, 1.54) is 0 Å². The number of pyridine rings is 1. The van der Waals surface area contributed by atoms with E-state index in [0.717, 1.165) is 29.5 Å². The summed E-state index contributed by atoms with van der Waals surface area (Å²) in [6.07, 6.45) is 1.91. The lowest BCUT2D eigenvalue weighted by Gasteiger charge is -2.09. The van der Waals surface area contributed by atoms with Crippen LogP contribution in [0.2, 0.25) is 15.1 Å². The van der Waals surface area contributed by atoms with Crippen LogP contribution in [0, 0.1) is 6.92 Å². The molecule has 1 aromatic carbocycles. The first-order valence-corrected chi connectivity index (χ1v) is 6.61. The van der Waals surface area contributed by atoms with Gasteiger partial charge in [-0.3, -0.25) is 4.98 Å². The molecule has 0 amide bonds. The van der Waals surface area contributed by atoms with Crippen molar-refractivity contribution in [1.82, 2.24) is 4.98 Å². The Balaban J connectivity index is 2.81. The fraction of sp³-hybridized carbons (Fsp3) is 0.308. The maximum absolute atomic E-state index is 6.26. The number of nitrogens with zero attached hydrogens (tertiary/aromatic N) is 1. The van der Waals surface area contributed by atoms with Crippen molar-refractivity contribution in [2.24, 2.45) is 0 Å². The number of hydrogen-bond acceptors (Lipinski definition) is 1. The Morgan fingerprint density at radius 1 is 1.12 bits per heavy atom. The van der Waals surface area contributed by atoms with Crippen molar-refractivity contribution in [3.8, 4) is 0 Å². The summed E-state index contributed by atoms with van der Waals surface area (Å²) >= 11 is 18.7. The Hall–Kier alpha value is -0.500. The van der Waals surface area contributed by atoms with Gasteiger partial charge in [-0.15, -0.1) is 0 Å². The van der Waals surface area contributed by atoms with Gasteiger partial charge in [0.15, 0.2) is 0 Å². The van der Waals surface area contributed by atoms with Crippen molar-refractivity contribution in [2.45, 2.75) is 26.7 Å². The normalized spacial score (nSPS) is 11.1. The maximum Gasteiger partial charge on any atom is 0.0921 e. The predicted octanol–water partition coefficient (Wildman–Crippen LogP) is 5.46. The highest BCUT2D eigenvalue weighted by Gasteiger charge is 2.13. The molecule has 1 nitrogen and oxygen atoms in total. The van der Waals surface area contributed by atoms with Crippen LogP contribution in [0.4, 0.5) is 0 Å². The van der Waals surface area contributed by atoms with E-state index in [2.05, 4.69) is 11.9 Å². The predicted molar refractivity (Wildman–Crippen MR) is 75.5 cm³/mol. The zero-order valence-electron chi connectivity index (χ0n) is 9.65. The minimum atomic E-state index is 0.599. The van der Waals surface area contributed by atoms with Crippen LogP contribution in [0.1, 0.15) is 24.6 Å². The molecule has 17 heavy (non-hydrogen) atoms. The lowest BCUT2D eigenvalue weighted by atomic mass is 10.1. The number of fused-ring (bicyclic) bond motifs is 1. The van der Waals surface area contributed by atoms with Crippen LogP contribution < -0.4 is 0 Å². The van der Waals surface area contributed by atoms with Crippen LogP contribution in [0.15, 0.2) is 12.1 Å². The van der Waals surface area contributed by atoms with Crippen molar-refractivity contribution in [3.63, 3.8) is 0 Å². The van der Waals surface area contributed by atoms with E-state index in [4.69, 9.17) is 34.8 Å². The van der Waals surface area contributed by atoms with Gasteiger partial charge in [0.2, 0.25) is 0 Å². The zero-order chi connectivity index (χ0) is 12.6. The molecule has 1 heterocycles. The highest BCUT2D eigenvalue weighted by molar-refractivity contribution is 6.45. The molecule has 1 aromatic heterocycles. The van der Waals surface area contributed by atoms with Gasteiger partial charge in [-0.1, -0.05) is 48.1 Å². The lowest BCUT2D eigenvalue weighted by molar-refractivity contribution is 0.890. The van der Waals surface area contributed by atoms with Crippen molar-refractivity contribution in [3.05, 3.63) is 38.5 Å². The summed E-state index contributed by atoms with van der Waals surface area (Å²) in [4.78, 5) is 4.53. The fourth-order valence-electron chi connectivity index (χ4n) is 1.85. The Labute approximate surface area is 116 Å². The number of aromatic nitrogens is 1. The van der Waals surface area contributed by atoms with Gasteiger partial charge in [-0.05, 0) is 31.0 Å². The van der Waals surface area contributed by atoms with Crippen LogP contribution in [-0.2, 0) is 6.42 Å². The topological polar surface area (TPSA) is 12.9 Å². The van der Waals surface area contributed by atoms with E-state index in [-0.39, 0.29) is 0 Å². The molecule has 90 valence electrons. The molecule has 0 aliphatic rings. The Morgan fingerprint density at radius 2 is 1.82 bits per heavy atom. The van der Waals surface area contributed by atoms with Crippen LogP contribution in [0.3, 0.4) is 0 Å². The average molecular weight is 289 g/mol. The summed E-state index contributed by atoms with van der Waals surface area (Å²) in [5, 5.41) is 2.60. The number of halogens is 3. The van der Waals surface area contributed by atoms with Crippen LogP contribution in [-0.4, -0.2) is 4.98 Å². The molecule has 0 radical (unpaired) electrons. The number of aryl methyl sites for hydroxylation is 2. The van der Waals surface area contributed by atoms with E-state index in [1.54, 1.807) is 0 Å². The molecule has 0 unspecified atom stereocenters. The smallest absolute Gasteiger partial charge is 0.0921 e. The lowest BCUT2D eigenvalue weighted by Crippen LogP contribution is -1.93. The minimum Gasteiger partial charge on any atom is -0.251 e. The van der Waals surface area contributed by atoms with Gasteiger partial charge < -0.3 is 0 Å². The van der Waals surface area contributed by atoms with Gasteiger partial charge in [-0.25, -0.2) is 0 Å². The summed E-state index contributed by atoms with van der Waals surface area (Å²) in [7, 11) is 0. The third-order valence-electron chi connectivity index (χ3n) is 2.67. The first-order valence-electron chi connectivity index (χ1n) is 5.48. The van der Waals surface area contributed by atoms with E-state index in [1.807, 2.05) is 19.1 Å². The molecule has 0 fully saturated rings. The minimum absolute atomic E-state index is 0.599. The van der Waals surface area contributed by atoms with E-state index < -0.39 is 0 Å². The second-order valence-electron chi connectivity index (χ2n) is 4.06. The quantitative estimate of drug-likeness (QED) is 0.715. The molecule has 0 aliphatic carbocycles. The van der Waals surface area contributed by atoms with Crippen LogP contribution in [0.25, 0.3) is 10.9 Å². The number of hydrogen-bond donors (Lipinski definition) is 0. The summed E-state index contributed by atoms with van der Waals surface area (Å²) in [6, 6.07) is 3.69. The molecule has 0 bridgehead atoms. The highest BCUT2D eigenvalue weighted by Crippen LogP contribution is 2.36. The molecule has 0 aliphatic heterocycles. The standard InChI is InChI=1S/C13H12Cl3N/c1-3-4-8-6-9(14)11-12(16)7(2)5-10(15)13(11)17-8/h5-6H,3-4H2,1-2H3. The molecule has 4 heteroatoms. The van der Waals surface area contributed by atoms with Crippen molar-refractivity contribution in [2.75, 3.05) is 0 Å². The van der Waals surface area contributed by atoms with Crippen LogP contribution >= 0.6 is 34.8 Å². The largest absolute Gasteiger partial charge is 0.251 e. The first-order chi connectivity index (χ1) is 8.04. The third-order valence-corrected chi connectivity index (χ3v) is 3.74. The van der Waals surface area contributed by atoms with E-state index >= 15 is 0 Å². The molecular weight excluding hydrogens is 277 g/mol. The first kappa shape index (κ1) is 12.9. The van der Waals surface area contributed by atoms with Gasteiger partial charge in [0.25, 0.3) is 0 Å². The Bertz CT molecular complexity index is 579. The summed E-state index contributed by atoms with van der Waals surface area (Å²) in [5.41, 5.74) is 2.56. The molecular formula is C13H12Cl3N. The molecule has 0 saturated carbocycles. The number of rotatable bonds is 2. The van der Waals surface area contributed by atoms with Crippen LogP contribution in [0.5, 0.6) is 0 Å². The van der Waals surface area contributed by atoms with Crippen molar-refractivity contribution >= 4 is 45.7 Å². The van der Waals surface area contributed by atoms with Gasteiger partial charge in [0.1, 0.15) is 0 Å². The molecule has 0 saturated heterocycles. The highest BCUT2D eigenvalue weighted by atomic mass is 35.5. The van der Waals surface area contributed by atoms with Gasteiger partial charge in [-0.2, -0.15) is 0 Å². The summed E-state index contributed by atoms with van der Waals surface area (Å²) in [5.74, 6) is 0. The Kier molecular flexibility index (Phi) is 3.82. The molecule has 0 N–H and O–H groups in total. The SMILES string of the molecule is CCCc1cc(Cl)c2c(Cl)c(C)cc(Cl)c2n1. The summed E-state index contributed by atoms with van der Waals surface area (Å²) in [6.45, 7) is 4.01. The monoisotopic (exact) mass is 287 g/mol. The molecule has 0 atom stereocenters. The van der Waals surface area contributed by atoms with Crippen molar-refractivity contribution < 1.29 is 0 Å². The molecule has 2 aromatic rings. The maximum atomic E-state index is 6.26. The van der Waals surface area contributed by atoms with E-state index in [9.17, 15) is 0 Å².